The number of carbonyl (C=O) groups excluding carboxylic acids is 1. The summed E-state index contributed by atoms with van der Waals surface area (Å²) < 4.78 is 5.87. The molecule has 1 aromatic carbocycles. The molecule has 0 spiro atoms. The van der Waals surface area contributed by atoms with Crippen molar-refractivity contribution in [2.24, 2.45) is 11.7 Å². The third kappa shape index (κ3) is 3.76. The van der Waals surface area contributed by atoms with Crippen molar-refractivity contribution in [1.29, 1.82) is 0 Å². The minimum atomic E-state index is -0.752. The quantitative estimate of drug-likeness (QED) is 0.772. The molecule has 1 amide bonds. The summed E-state index contributed by atoms with van der Waals surface area (Å²) in [5.41, 5.74) is 6.21. The van der Waals surface area contributed by atoms with Gasteiger partial charge >= 0.3 is 0 Å². The maximum atomic E-state index is 12.0. The molecule has 1 unspecified atom stereocenters. The van der Waals surface area contributed by atoms with Gasteiger partial charge in [-0.3, -0.25) is 10.1 Å². The van der Waals surface area contributed by atoms with E-state index in [9.17, 15) is 4.79 Å². The standard InChI is InChI=1S/C17H26N2O2/c1-4-13-5-9-15(10-6-13)21-11-17(16(18)20,14-7-8-14)19-12(2)3/h5-6,9-10,12,14,19H,4,7-8,11H2,1-3H3,(H2,18,20). The van der Waals surface area contributed by atoms with Gasteiger partial charge in [-0.15, -0.1) is 0 Å². The number of rotatable bonds is 8. The van der Waals surface area contributed by atoms with Crippen LogP contribution in [0.25, 0.3) is 0 Å². The van der Waals surface area contributed by atoms with Gasteiger partial charge in [-0.05, 0) is 56.7 Å². The van der Waals surface area contributed by atoms with Crippen molar-refractivity contribution in [3.8, 4) is 5.75 Å². The predicted molar refractivity (Wildman–Crippen MR) is 84.2 cm³/mol. The Kier molecular flexibility index (Phi) is 4.88. The van der Waals surface area contributed by atoms with E-state index in [1.165, 1.54) is 5.56 Å². The van der Waals surface area contributed by atoms with Crippen LogP contribution in [0.3, 0.4) is 0 Å². The monoisotopic (exact) mass is 290 g/mol. The fraction of sp³-hybridized carbons (Fsp3) is 0.588. The highest BCUT2D eigenvalue weighted by atomic mass is 16.5. The van der Waals surface area contributed by atoms with Gasteiger partial charge < -0.3 is 10.5 Å². The van der Waals surface area contributed by atoms with Crippen LogP contribution in [0.4, 0.5) is 0 Å². The first-order valence-corrected chi connectivity index (χ1v) is 7.77. The number of benzene rings is 1. The van der Waals surface area contributed by atoms with Crippen molar-refractivity contribution in [1.82, 2.24) is 5.32 Å². The lowest BCUT2D eigenvalue weighted by atomic mass is 9.92. The van der Waals surface area contributed by atoms with Crippen molar-refractivity contribution in [3.05, 3.63) is 29.8 Å². The molecule has 0 aromatic heterocycles. The Hall–Kier alpha value is -1.55. The number of hydrogen-bond acceptors (Lipinski definition) is 3. The highest BCUT2D eigenvalue weighted by Crippen LogP contribution is 2.40. The number of nitrogens with one attached hydrogen (secondary N) is 1. The maximum Gasteiger partial charge on any atom is 0.241 e. The van der Waals surface area contributed by atoms with Gasteiger partial charge in [0, 0.05) is 6.04 Å². The molecule has 2 rings (SSSR count). The second-order valence-corrected chi connectivity index (χ2v) is 6.20. The number of ether oxygens (including phenoxy) is 1. The Balaban J connectivity index is 2.09. The Morgan fingerprint density at radius 3 is 2.43 bits per heavy atom. The molecule has 4 heteroatoms. The summed E-state index contributed by atoms with van der Waals surface area (Å²) in [6, 6.07) is 8.19. The van der Waals surface area contributed by atoms with Gasteiger partial charge in [-0.25, -0.2) is 0 Å². The summed E-state index contributed by atoms with van der Waals surface area (Å²) in [4.78, 5) is 12.0. The van der Waals surface area contributed by atoms with E-state index in [1.807, 2.05) is 38.1 Å². The zero-order chi connectivity index (χ0) is 15.5. The number of amides is 1. The lowest BCUT2D eigenvalue weighted by Gasteiger charge is -2.33. The molecule has 1 aliphatic carbocycles. The summed E-state index contributed by atoms with van der Waals surface area (Å²) in [5.74, 6) is 0.750. The van der Waals surface area contributed by atoms with E-state index < -0.39 is 5.54 Å². The summed E-state index contributed by atoms with van der Waals surface area (Å²) >= 11 is 0. The van der Waals surface area contributed by atoms with E-state index in [1.54, 1.807) is 0 Å². The molecular formula is C17H26N2O2. The van der Waals surface area contributed by atoms with E-state index in [4.69, 9.17) is 10.5 Å². The average Bonchev–Trinajstić information content (AvgIpc) is 3.28. The van der Waals surface area contributed by atoms with E-state index in [2.05, 4.69) is 12.2 Å². The van der Waals surface area contributed by atoms with Crippen LogP contribution in [-0.2, 0) is 11.2 Å². The van der Waals surface area contributed by atoms with Crippen LogP contribution in [0.15, 0.2) is 24.3 Å². The van der Waals surface area contributed by atoms with Gasteiger partial charge in [-0.1, -0.05) is 19.1 Å². The van der Waals surface area contributed by atoms with Gasteiger partial charge in [-0.2, -0.15) is 0 Å². The topological polar surface area (TPSA) is 64.3 Å². The SMILES string of the molecule is CCc1ccc(OCC(NC(C)C)(C(N)=O)C2CC2)cc1. The van der Waals surface area contributed by atoms with Crippen molar-refractivity contribution in [3.63, 3.8) is 0 Å². The summed E-state index contributed by atoms with van der Waals surface area (Å²) in [6.07, 6.45) is 3.06. The molecule has 1 aromatic rings. The lowest BCUT2D eigenvalue weighted by Crippen LogP contribution is -2.62. The molecule has 116 valence electrons. The van der Waals surface area contributed by atoms with Crippen LogP contribution in [0.2, 0.25) is 0 Å². The summed E-state index contributed by atoms with van der Waals surface area (Å²) in [7, 11) is 0. The number of carbonyl (C=O) groups is 1. The summed E-state index contributed by atoms with van der Waals surface area (Å²) in [6.45, 7) is 6.45. The highest BCUT2D eigenvalue weighted by Gasteiger charge is 2.50. The van der Waals surface area contributed by atoms with E-state index in [0.717, 1.165) is 25.0 Å². The van der Waals surface area contributed by atoms with Crippen LogP contribution in [0.5, 0.6) is 5.75 Å². The predicted octanol–water partition coefficient (Wildman–Crippen LogP) is 2.26. The molecule has 1 saturated carbocycles. The molecule has 0 aliphatic heterocycles. The molecule has 0 heterocycles. The van der Waals surface area contributed by atoms with E-state index in [0.29, 0.717) is 0 Å². The van der Waals surface area contributed by atoms with Crippen LogP contribution in [-0.4, -0.2) is 24.1 Å². The second kappa shape index (κ2) is 6.48. The zero-order valence-electron chi connectivity index (χ0n) is 13.2. The number of aryl methyl sites for hydroxylation is 1. The van der Waals surface area contributed by atoms with Gasteiger partial charge in [0.05, 0.1) is 0 Å². The molecule has 0 bridgehead atoms. The molecule has 4 nitrogen and oxygen atoms in total. The minimum Gasteiger partial charge on any atom is -0.491 e. The second-order valence-electron chi connectivity index (χ2n) is 6.20. The normalized spacial score (nSPS) is 17.5. The third-order valence-corrected chi connectivity index (χ3v) is 4.06. The first-order chi connectivity index (χ1) is 9.98. The molecule has 1 atom stereocenters. The minimum absolute atomic E-state index is 0.184. The Morgan fingerprint density at radius 1 is 1.38 bits per heavy atom. The average molecular weight is 290 g/mol. The third-order valence-electron chi connectivity index (χ3n) is 4.06. The lowest BCUT2D eigenvalue weighted by molar-refractivity contribution is -0.127. The molecular weight excluding hydrogens is 264 g/mol. The molecule has 0 radical (unpaired) electrons. The Bertz CT molecular complexity index is 480. The molecule has 21 heavy (non-hydrogen) atoms. The van der Waals surface area contributed by atoms with Gasteiger partial charge in [0.15, 0.2) is 0 Å². The molecule has 1 fully saturated rings. The smallest absolute Gasteiger partial charge is 0.241 e. The highest BCUT2D eigenvalue weighted by molar-refractivity contribution is 5.86. The number of nitrogens with two attached hydrogens (primary N) is 1. The largest absolute Gasteiger partial charge is 0.491 e. The van der Waals surface area contributed by atoms with Crippen molar-refractivity contribution in [2.75, 3.05) is 6.61 Å². The molecule has 0 saturated heterocycles. The Morgan fingerprint density at radius 2 is 2.00 bits per heavy atom. The fourth-order valence-corrected chi connectivity index (χ4v) is 2.73. The first kappa shape index (κ1) is 15.8. The molecule has 1 aliphatic rings. The van der Waals surface area contributed by atoms with Crippen molar-refractivity contribution >= 4 is 5.91 Å². The Labute approximate surface area is 127 Å². The van der Waals surface area contributed by atoms with Crippen molar-refractivity contribution < 1.29 is 9.53 Å². The van der Waals surface area contributed by atoms with E-state index in [-0.39, 0.29) is 24.5 Å². The molecule has 3 N–H and O–H groups in total. The summed E-state index contributed by atoms with van der Waals surface area (Å²) in [5, 5.41) is 3.35. The van der Waals surface area contributed by atoms with Crippen LogP contribution >= 0.6 is 0 Å². The van der Waals surface area contributed by atoms with Gasteiger partial charge in [0.1, 0.15) is 17.9 Å². The number of primary amides is 1. The van der Waals surface area contributed by atoms with Gasteiger partial charge in [0.2, 0.25) is 5.91 Å². The van der Waals surface area contributed by atoms with Crippen LogP contribution in [0.1, 0.15) is 39.2 Å². The van der Waals surface area contributed by atoms with Gasteiger partial charge in [0.25, 0.3) is 0 Å². The fourth-order valence-electron chi connectivity index (χ4n) is 2.73. The first-order valence-electron chi connectivity index (χ1n) is 7.77. The van der Waals surface area contributed by atoms with Crippen LogP contribution < -0.4 is 15.8 Å². The van der Waals surface area contributed by atoms with E-state index >= 15 is 0 Å². The zero-order valence-corrected chi connectivity index (χ0v) is 13.2. The van der Waals surface area contributed by atoms with Crippen molar-refractivity contribution in [2.45, 2.75) is 51.6 Å². The maximum absolute atomic E-state index is 12.0. The van der Waals surface area contributed by atoms with Crippen LogP contribution in [0, 0.1) is 5.92 Å². The number of hydrogen-bond donors (Lipinski definition) is 2.